The first kappa shape index (κ1) is 16.4. The molecule has 0 saturated heterocycles. The molecule has 0 radical (unpaired) electrons. The Morgan fingerprint density at radius 3 is 2.15 bits per heavy atom. The molecule has 3 N–H and O–H groups in total. The van der Waals surface area contributed by atoms with E-state index in [9.17, 15) is 9.59 Å². The van der Waals surface area contributed by atoms with Crippen molar-refractivity contribution in [3.8, 4) is 0 Å². The molecule has 0 aliphatic heterocycles. The third kappa shape index (κ3) is 2.47. The SMILES string of the molecule is Cc1ccc(Nc2c(N)c(Cl)cc3c2C(=O)c2ccccc2C3=O)cc1. The Bertz CT molecular complexity index is 1070. The smallest absolute Gasteiger partial charge is 0.196 e. The quantitative estimate of drug-likeness (QED) is 0.505. The first-order valence-electron chi connectivity index (χ1n) is 8.11. The number of rotatable bonds is 2. The van der Waals surface area contributed by atoms with Crippen LogP contribution in [0.5, 0.6) is 0 Å². The van der Waals surface area contributed by atoms with Gasteiger partial charge in [0.25, 0.3) is 0 Å². The molecule has 0 saturated carbocycles. The molecule has 0 fully saturated rings. The van der Waals surface area contributed by atoms with E-state index in [0.717, 1.165) is 11.3 Å². The van der Waals surface area contributed by atoms with Crippen LogP contribution in [0.3, 0.4) is 0 Å². The lowest BCUT2D eigenvalue weighted by Gasteiger charge is -2.23. The minimum absolute atomic E-state index is 0.232. The number of benzene rings is 3. The number of hydrogen-bond donors (Lipinski definition) is 2. The van der Waals surface area contributed by atoms with Gasteiger partial charge in [0.2, 0.25) is 0 Å². The summed E-state index contributed by atoms with van der Waals surface area (Å²) in [7, 11) is 0. The van der Waals surface area contributed by atoms with Crippen LogP contribution in [0, 0.1) is 6.92 Å². The van der Waals surface area contributed by atoms with E-state index in [0.29, 0.717) is 16.8 Å². The van der Waals surface area contributed by atoms with Crippen molar-refractivity contribution in [3.05, 3.63) is 87.4 Å². The molecular formula is C21H15ClN2O2. The average molecular weight is 363 g/mol. The average Bonchev–Trinajstić information content (AvgIpc) is 2.65. The minimum Gasteiger partial charge on any atom is -0.396 e. The maximum absolute atomic E-state index is 13.1. The number of nitrogens with two attached hydrogens (primary N) is 1. The molecule has 0 bridgehead atoms. The predicted molar refractivity (Wildman–Crippen MR) is 104 cm³/mol. The van der Waals surface area contributed by atoms with Crippen molar-refractivity contribution in [2.75, 3.05) is 11.1 Å². The topological polar surface area (TPSA) is 72.2 Å². The van der Waals surface area contributed by atoms with E-state index < -0.39 is 0 Å². The Morgan fingerprint density at radius 1 is 0.885 bits per heavy atom. The number of nitrogen functional groups attached to an aromatic ring is 1. The van der Waals surface area contributed by atoms with Gasteiger partial charge in [-0.2, -0.15) is 0 Å². The monoisotopic (exact) mass is 362 g/mol. The molecule has 1 aliphatic rings. The Hall–Kier alpha value is -3.11. The standard InChI is InChI=1S/C21H15ClN2O2/c1-11-6-8-12(9-7-11)24-19-17-15(10-16(22)18(19)23)20(25)13-4-2-3-5-14(13)21(17)26/h2-10,24H,23H2,1H3. The van der Waals surface area contributed by atoms with E-state index in [4.69, 9.17) is 17.3 Å². The van der Waals surface area contributed by atoms with Gasteiger partial charge < -0.3 is 11.1 Å². The number of carbonyl (C=O) groups is 2. The molecule has 0 amide bonds. The molecule has 0 aromatic heterocycles. The van der Waals surface area contributed by atoms with Gasteiger partial charge in [-0.15, -0.1) is 0 Å². The number of halogens is 1. The molecule has 128 valence electrons. The highest BCUT2D eigenvalue weighted by Crippen LogP contribution is 2.40. The number of anilines is 3. The molecule has 26 heavy (non-hydrogen) atoms. The van der Waals surface area contributed by atoms with E-state index in [1.54, 1.807) is 24.3 Å². The fourth-order valence-electron chi connectivity index (χ4n) is 3.15. The van der Waals surface area contributed by atoms with E-state index in [1.807, 2.05) is 31.2 Å². The van der Waals surface area contributed by atoms with Crippen LogP contribution in [0.2, 0.25) is 5.02 Å². The molecule has 4 rings (SSSR count). The van der Waals surface area contributed by atoms with Crippen LogP contribution in [-0.4, -0.2) is 11.6 Å². The molecule has 4 nitrogen and oxygen atoms in total. The van der Waals surface area contributed by atoms with Gasteiger partial charge in [0.05, 0.1) is 22.0 Å². The maximum Gasteiger partial charge on any atom is 0.196 e. The van der Waals surface area contributed by atoms with Gasteiger partial charge in [0.15, 0.2) is 11.6 Å². The summed E-state index contributed by atoms with van der Waals surface area (Å²) in [5.41, 5.74) is 9.91. The van der Waals surface area contributed by atoms with E-state index in [-0.39, 0.29) is 33.4 Å². The Morgan fingerprint density at radius 2 is 1.50 bits per heavy atom. The second kappa shape index (κ2) is 6.00. The second-order valence-electron chi connectivity index (χ2n) is 6.26. The first-order chi connectivity index (χ1) is 12.5. The van der Waals surface area contributed by atoms with Crippen molar-refractivity contribution in [2.45, 2.75) is 6.92 Å². The lowest BCUT2D eigenvalue weighted by Crippen LogP contribution is -2.23. The number of carbonyl (C=O) groups excluding carboxylic acids is 2. The summed E-state index contributed by atoms with van der Waals surface area (Å²) in [6.45, 7) is 1.98. The highest BCUT2D eigenvalue weighted by Gasteiger charge is 2.33. The molecule has 0 heterocycles. The van der Waals surface area contributed by atoms with Gasteiger partial charge in [-0.1, -0.05) is 53.6 Å². The lowest BCUT2D eigenvalue weighted by atomic mass is 9.83. The summed E-state index contributed by atoms with van der Waals surface area (Å²) in [5.74, 6) is -0.475. The zero-order valence-corrected chi connectivity index (χ0v) is 14.7. The summed E-state index contributed by atoms with van der Waals surface area (Å²) in [5, 5.41) is 3.40. The van der Waals surface area contributed by atoms with E-state index in [1.165, 1.54) is 6.07 Å². The largest absolute Gasteiger partial charge is 0.396 e. The van der Waals surface area contributed by atoms with Crippen LogP contribution >= 0.6 is 11.6 Å². The molecular weight excluding hydrogens is 348 g/mol. The van der Waals surface area contributed by atoms with Crippen molar-refractivity contribution in [1.29, 1.82) is 0 Å². The molecule has 1 aliphatic carbocycles. The molecule has 3 aromatic rings. The van der Waals surface area contributed by atoms with Gasteiger partial charge in [-0.25, -0.2) is 0 Å². The van der Waals surface area contributed by atoms with Gasteiger partial charge in [0.1, 0.15) is 0 Å². The Labute approximate surface area is 155 Å². The van der Waals surface area contributed by atoms with Gasteiger partial charge in [-0.3, -0.25) is 9.59 Å². The third-order valence-corrected chi connectivity index (χ3v) is 4.84. The second-order valence-corrected chi connectivity index (χ2v) is 6.67. The zero-order valence-electron chi connectivity index (χ0n) is 14.0. The molecule has 0 spiro atoms. The van der Waals surface area contributed by atoms with Crippen molar-refractivity contribution in [1.82, 2.24) is 0 Å². The lowest BCUT2D eigenvalue weighted by molar-refractivity contribution is 0.0980. The van der Waals surface area contributed by atoms with Crippen molar-refractivity contribution >= 4 is 40.2 Å². The molecule has 3 aromatic carbocycles. The van der Waals surface area contributed by atoms with Gasteiger partial charge in [-0.05, 0) is 25.1 Å². The van der Waals surface area contributed by atoms with Crippen molar-refractivity contribution < 1.29 is 9.59 Å². The zero-order chi connectivity index (χ0) is 18.4. The predicted octanol–water partition coefficient (Wildman–Crippen LogP) is 4.75. The van der Waals surface area contributed by atoms with Gasteiger partial charge >= 0.3 is 0 Å². The summed E-state index contributed by atoms with van der Waals surface area (Å²) in [6, 6.07) is 15.9. The Balaban J connectivity index is 1.93. The molecule has 0 unspecified atom stereocenters. The van der Waals surface area contributed by atoms with Crippen molar-refractivity contribution in [2.24, 2.45) is 0 Å². The summed E-state index contributed by atoms with van der Waals surface area (Å²) < 4.78 is 0. The minimum atomic E-state index is -0.242. The molecule has 0 atom stereocenters. The number of aryl methyl sites for hydroxylation is 1. The number of hydrogen-bond acceptors (Lipinski definition) is 4. The fraction of sp³-hybridized carbons (Fsp3) is 0.0476. The van der Waals surface area contributed by atoms with Crippen LogP contribution in [-0.2, 0) is 0 Å². The number of ketones is 2. The normalized spacial score (nSPS) is 12.5. The number of fused-ring (bicyclic) bond motifs is 2. The van der Waals surface area contributed by atoms with Crippen LogP contribution in [0.1, 0.15) is 37.4 Å². The van der Waals surface area contributed by atoms with Crippen LogP contribution in [0.15, 0.2) is 54.6 Å². The van der Waals surface area contributed by atoms with Crippen LogP contribution in [0.4, 0.5) is 17.1 Å². The Kier molecular flexibility index (Phi) is 3.78. The van der Waals surface area contributed by atoms with E-state index in [2.05, 4.69) is 5.32 Å². The van der Waals surface area contributed by atoms with Crippen LogP contribution in [0.25, 0.3) is 0 Å². The molecule has 5 heteroatoms. The first-order valence-corrected chi connectivity index (χ1v) is 8.49. The van der Waals surface area contributed by atoms with Crippen molar-refractivity contribution in [3.63, 3.8) is 0 Å². The summed E-state index contributed by atoms with van der Waals surface area (Å²) in [6.07, 6.45) is 0. The third-order valence-electron chi connectivity index (χ3n) is 4.53. The fourth-order valence-corrected chi connectivity index (χ4v) is 3.35. The highest BCUT2D eigenvalue weighted by molar-refractivity contribution is 6.37. The van der Waals surface area contributed by atoms with E-state index >= 15 is 0 Å². The summed E-state index contributed by atoms with van der Waals surface area (Å²) >= 11 is 6.25. The maximum atomic E-state index is 13.1. The number of nitrogens with one attached hydrogen (secondary N) is 1. The van der Waals surface area contributed by atoms with Gasteiger partial charge in [0, 0.05) is 22.4 Å². The summed E-state index contributed by atoms with van der Waals surface area (Å²) in [4.78, 5) is 26.0. The highest BCUT2D eigenvalue weighted by atomic mass is 35.5. The van der Waals surface area contributed by atoms with Crippen LogP contribution < -0.4 is 11.1 Å².